The summed E-state index contributed by atoms with van der Waals surface area (Å²) in [4.78, 5) is 22.1. The highest BCUT2D eigenvalue weighted by molar-refractivity contribution is 7.89. The molecule has 8 nitrogen and oxygen atoms in total. The van der Waals surface area contributed by atoms with Crippen LogP contribution in [0.4, 0.5) is 0 Å². The highest BCUT2D eigenvalue weighted by Gasteiger charge is 2.39. The van der Waals surface area contributed by atoms with E-state index < -0.39 is 34.5 Å². The first kappa shape index (κ1) is 14.9. The zero-order chi connectivity index (χ0) is 13.8. The minimum Gasteiger partial charge on any atom is -0.480 e. The zero-order valence-electron chi connectivity index (χ0n) is 9.96. The molecule has 2 N–H and O–H groups in total. The van der Waals surface area contributed by atoms with Crippen molar-refractivity contribution in [2.24, 2.45) is 0 Å². The second-order valence-electron chi connectivity index (χ2n) is 3.72. The molecule has 1 heterocycles. The van der Waals surface area contributed by atoms with Crippen molar-refractivity contribution < 1.29 is 27.9 Å². The number of nitrogens with one attached hydrogen (secondary N) is 1. The first-order chi connectivity index (χ1) is 8.38. The van der Waals surface area contributed by atoms with Crippen molar-refractivity contribution in [3.8, 4) is 0 Å². The number of carbonyl (C=O) groups excluding carboxylic acids is 1. The summed E-state index contributed by atoms with van der Waals surface area (Å²) in [6.07, 6.45) is 0. The van der Waals surface area contributed by atoms with E-state index in [1.54, 1.807) is 6.92 Å². The van der Waals surface area contributed by atoms with Gasteiger partial charge < -0.3 is 15.2 Å². The Morgan fingerprint density at radius 1 is 1.61 bits per heavy atom. The van der Waals surface area contributed by atoms with E-state index >= 15 is 0 Å². The number of carbonyl (C=O) groups is 2. The minimum absolute atomic E-state index is 0.0245. The number of rotatable bonds is 6. The molecule has 1 fully saturated rings. The number of sulfonamides is 1. The summed E-state index contributed by atoms with van der Waals surface area (Å²) in [5.74, 6) is -2.12. The monoisotopic (exact) mass is 280 g/mol. The van der Waals surface area contributed by atoms with Crippen molar-refractivity contribution in [2.75, 3.05) is 32.1 Å². The van der Waals surface area contributed by atoms with Gasteiger partial charge >= 0.3 is 5.97 Å². The SMILES string of the molecule is CCOCCS(=O)(=O)N1CC(=O)NCC1C(=O)O. The number of amides is 1. The standard InChI is InChI=1S/C9H16N2O6S/c1-2-17-3-4-18(15,16)11-6-8(12)10-5-7(11)9(13)14/h7H,2-6H2,1H3,(H,10,12)(H,13,14). The van der Waals surface area contributed by atoms with Gasteiger partial charge in [0.25, 0.3) is 0 Å². The Balaban J connectivity index is 2.80. The van der Waals surface area contributed by atoms with Crippen molar-refractivity contribution in [1.82, 2.24) is 9.62 Å². The summed E-state index contributed by atoms with van der Waals surface area (Å²) < 4.78 is 29.5. The normalized spacial score (nSPS) is 21.6. The quantitative estimate of drug-likeness (QED) is 0.557. The van der Waals surface area contributed by atoms with Crippen LogP contribution in [0.15, 0.2) is 0 Å². The molecule has 1 unspecified atom stereocenters. The number of hydrogen-bond acceptors (Lipinski definition) is 5. The summed E-state index contributed by atoms with van der Waals surface area (Å²) in [6.45, 7) is 1.39. The maximum absolute atomic E-state index is 11.9. The third kappa shape index (κ3) is 3.65. The average Bonchev–Trinajstić information content (AvgIpc) is 2.28. The van der Waals surface area contributed by atoms with E-state index in [4.69, 9.17) is 9.84 Å². The van der Waals surface area contributed by atoms with Crippen molar-refractivity contribution in [2.45, 2.75) is 13.0 Å². The van der Waals surface area contributed by atoms with Gasteiger partial charge in [-0.1, -0.05) is 0 Å². The van der Waals surface area contributed by atoms with Crippen molar-refractivity contribution in [3.05, 3.63) is 0 Å². The predicted molar refractivity (Wildman–Crippen MR) is 61.4 cm³/mol. The summed E-state index contributed by atoms with van der Waals surface area (Å²) in [7, 11) is -3.82. The molecule has 1 aliphatic heterocycles. The molecule has 9 heteroatoms. The summed E-state index contributed by atoms with van der Waals surface area (Å²) in [5.41, 5.74) is 0. The second-order valence-corrected chi connectivity index (χ2v) is 5.76. The highest BCUT2D eigenvalue weighted by atomic mass is 32.2. The van der Waals surface area contributed by atoms with Crippen LogP contribution in [0.1, 0.15) is 6.92 Å². The van der Waals surface area contributed by atoms with Crippen LogP contribution in [0.25, 0.3) is 0 Å². The maximum atomic E-state index is 11.9. The van der Waals surface area contributed by atoms with Crippen molar-refractivity contribution in [1.29, 1.82) is 0 Å². The molecule has 0 spiro atoms. The number of carboxylic acids is 1. The van der Waals surface area contributed by atoms with Crippen LogP contribution < -0.4 is 5.32 Å². The number of ether oxygens (including phenoxy) is 1. The Morgan fingerprint density at radius 3 is 2.83 bits per heavy atom. The van der Waals surface area contributed by atoms with Crippen LogP contribution in [-0.2, 0) is 24.3 Å². The maximum Gasteiger partial charge on any atom is 0.323 e. The number of carboxylic acid groups (broad SMARTS) is 1. The van der Waals surface area contributed by atoms with Gasteiger partial charge in [0.05, 0.1) is 18.9 Å². The van der Waals surface area contributed by atoms with E-state index in [1.807, 2.05) is 0 Å². The van der Waals surface area contributed by atoms with Crippen molar-refractivity contribution in [3.63, 3.8) is 0 Å². The van der Waals surface area contributed by atoms with Crippen LogP contribution in [0.3, 0.4) is 0 Å². The molecule has 1 rings (SSSR count). The fourth-order valence-corrected chi connectivity index (χ4v) is 2.98. The molecule has 1 aliphatic rings. The fraction of sp³-hybridized carbons (Fsp3) is 0.778. The molecule has 0 aromatic rings. The van der Waals surface area contributed by atoms with Crippen LogP contribution in [0.2, 0.25) is 0 Å². The molecular weight excluding hydrogens is 264 g/mol. The molecule has 0 saturated carbocycles. The van der Waals surface area contributed by atoms with Gasteiger partial charge in [0, 0.05) is 13.2 Å². The average molecular weight is 280 g/mol. The second kappa shape index (κ2) is 6.12. The summed E-state index contributed by atoms with van der Waals surface area (Å²) in [6, 6.07) is -1.26. The largest absolute Gasteiger partial charge is 0.480 e. The molecule has 104 valence electrons. The first-order valence-electron chi connectivity index (χ1n) is 5.45. The van der Waals surface area contributed by atoms with Crippen LogP contribution in [0.5, 0.6) is 0 Å². The van der Waals surface area contributed by atoms with Crippen LogP contribution >= 0.6 is 0 Å². The number of nitrogens with zero attached hydrogens (tertiary/aromatic N) is 1. The topological polar surface area (TPSA) is 113 Å². The molecule has 1 saturated heterocycles. The van der Waals surface area contributed by atoms with E-state index in [0.29, 0.717) is 10.9 Å². The highest BCUT2D eigenvalue weighted by Crippen LogP contribution is 2.11. The molecule has 1 atom stereocenters. The lowest BCUT2D eigenvalue weighted by Crippen LogP contribution is -2.59. The number of hydrogen-bond donors (Lipinski definition) is 2. The van der Waals surface area contributed by atoms with E-state index in [-0.39, 0.29) is 18.9 Å². The van der Waals surface area contributed by atoms with Gasteiger partial charge in [0.1, 0.15) is 6.04 Å². The Bertz CT molecular complexity index is 421. The lowest BCUT2D eigenvalue weighted by atomic mass is 10.2. The van der Waals surface area contributed by atoms with Gasteiger partial charge in [-0.05, 0) is 6.92 Å². The minimum atomic E-state index is -3.82. The Hall–Kier alpha value is -1.19. The third-order valence-electron chi connectivity index (χ3n) is 2.47. The zero-order valence-corrected chi connectivity index (χ0v) is 10.8. The van der Waals surface area contributed by atoms with Gasteiger partial charge in [-0.25, -0.2) is 8.42 Å². The molecule has 0 aromatic heterocycles. The molecule has 18 heavy (non-hydrogen) atoms. The number of aliphatic carboxylic acids is 1. The molecule has 1 amide bonds. The Kier molecular flexibility index (Phi) is 5.05. The van der Waals surface area contributed by atoms with E-state index in [2.05, 4.69) is 5.32 Å². The van der Waals surface area contributed by atoms with E-state index in [9.17, 15) is 18.0 Å². The molecule has 0 radical (unpaired) electrons. The van der Waals surface area contributed by atoms with Gasteiger partial charge in [-0.3, -0.25) is 9.59 Å². The predicted octanol–water partition coefficient (Wildman–Crippen LogP) is -1.76. The molecule has 0 aromatic carbocycles. The van der Waals surface area contributed by atoms with Gasteiger partial charge in [0.2, 0.25) is 15.9 Å². The van der Waals surface area contributed by atoms with Crippen LogP contribution in [-0.4, -0.2) is 67.8 Å². The summed E-state index contributed by atoms with van der Waals surface area (Å²) >= 11 is 0. The Labute approximate surface area is 105 Å². The van der Waals surface area contributed by atoms with E-state index in [1.165, 1.54) is 0 Å². The van der Waals surface area contributed by atoms with Gasteiger partial charge in [-0.15, -0.1) is 0 Å². The lowest BCUT2D eigenvalue weighted by molar-refractivity contribution is -0.143. The molecule has 0 bridgehead atoms. The van der Waals surface area contributed by atoms with Crippen molar-refractivity contribution >= 4 is 21.9 Å². The summed E-state index contributed by atoms with van der Waals surface area (Å²) in [5, 5.41) is 11.3. The third-order valence-corrected chi connectivity index (χ3v) is 4.25. The van der Waals surface area contributed by atoms with E-state index in [0.717, 1.165) is 0 Å². The van der Waals surface area contributed by atoms with Crippen LogP contribution in [0, 0.1) is 0 Å². The van der Waals surface area contributed by atoms with Gasteiger partial charge in [-0.2, -0.15) is 4.31 Å². The molecular formula is C9H16N2O6S. The molecule has 0 aliphatic carbocycles. The lowest BCUT2D eigenvalue weighted by Gasteiger charge is -2.31. The Morgan fingerprint density at radius 2 is 2.28 bits per heavy atom. The number of piperazine rings is 1. The fourth-order valence-electron chi connectivity index (χ4n) is 1.55. The van der Waals surface area contributed by atoms with Gasteiger partial charge in [0.15, 0.2) is 0 Å². The first-order valence-corrected chi connectivity index (χ1v) is 7.06. The smallest absolute Gasteiger partial charge is 0.323 e.